The Morgan fingerprint density at radius 2 is 1.77 bits per heavy atom. The molecular weight excluding hydrogens is 278 g/mol. The van der Waals surface area contributed by atoms with E-state index in [1.165, 1.54) is 5.56 Å². The highest BCUT2D eigenvalue weighted by molar-refractivity contribution is 5.94. The van der Waals surface area contributed by atoms with Crippen LogP contribution in [0.3, 0.4) is 0 Å². The Kier molecular flexibility index (Phi) is 7.60. The predicted octanol–water partition coefficient (Wildman–Crippen LogP) is 1.57. The van der Waals surface area contributed by atoms with E-state index in [0.29, 0.717) is 5.92 Å². The maximum atomic E-state index is 11.9. The van der Waals surface area contributed by atoms with Crippen LogP contribution in [0.5, 0.6) is 0 Å². The minimum atomic E-state index is -0.423. The van der Waals surface area contributed by atoms with Gasteiger partial charge in [0.15, 0.2) is 6.54 Å². The van der Waals surface area contributed by atoms with Gasteiger partial charge < -0.3 is 10.6 Å². The van der Waals surface area contributed by atoms with E-state index in [0.717, 1.165) is 6.42 Å². The summed E-state index contributed by atoms with van der Waals surface area (Å²) >= 11 is 0. The van der Waals surface area contributed by atoms with Crippen LogP contribution in [0.4, 0.5) is 4.79 Å². The lowest BCUT2D eigenvalue weighted by Crippen LogP contribution is -2.88. The molecule has 3 amide bonds. The van der Waals surface area contributed by atoms with Crippen molar-refractivity contribution in [1.82, 2.24) is 10.6 Å². The summed E-state index contributed by atoms with van der Waals surface area (Å²) in [6.07, 6.45) is 0.831. The minimum absolute atomic E-state index is 0.0597. The van der Waals surface area contributed by atoms with Gasteiger partial charge in [0.05, 0.1) is 0 Å². The van der Waals surface area contributed by atoms with Crippen LogP contribution < -0.4 is 16.0 Å². The van der Waals surface area contributed by atoms with Crippen LogP contribution in [-0.2, 0) is 4.79 Å². The third-order valence-corrected chi connectivity index (χ3v) is 3.70. The van der Waals surface area contributed by atoms with Gasteiger partial charge in [-0.25, -0.2) is 4.79 Å². The summed E-state index contributed by atoms with van der Waals surface area (Å²) in [7, 11) is 0. The minimum Gasteiger partial charge on any atom is -0.335 e. The molecule has 5 heteroatoms. The summed E-state index contributed by atoms with van der Waals surface area (Å²) in [6, 6.07) is 9.94. The van der Waals surface area contributed by atoms with Crippen molar-refractivity contribution in [2.45, 2.75) is 46.2 Å². The lowest BCUT2D eigenvalue weighted by molar-refractivity contribution is -0.692. The van der Waals surface area contributed by atoms with Gasteiger partial charge in [-0.1, -0.05) is 51.1 Å². The number of carbonyl (C=O) groups is 2. The summed E-state index contributed by atoms with van der Waals surface area (Å²) in [5.74, 6) is 0.117. The standard InChI is InChI=1S/C17H27N3O2/c1-5-13(4)19-17(22)20-15(21)11-18-16(12(2)3)14-9-7-6-8-10-14/h6-10,12-13,16,18H,5,11H2,1-4H3,(H2,19,20,21,22)/p+1/t13-,16-/m0/s1. The molecule has 22 heavy (non-hydrogen) atoms. The van der Waals surface area contributed by atoms with Crippen LogP contribution in [0, 0.1) is 5.92 Å². The van der Waals surface area contributed by atoms with E-state index >= 15 is 0 Å². The molecule has 0 spiro atoms. The molecule has 0 aliphatic rings. The first-order valence-electron chi connectivity index (χ1n) is 7.92. The van der Waals surface area contributed by atoms with Crippen molar-refractivity contribution < 1.29 is 14.9 Å². The summed E-state index contributed by atoms with van der Waals surface area (Å²) in [6.45, 7) is 8.36. The number of quaternary nitrogens is 1. The molecule has 0 aromatic heterocycles. The highest BCUT2D eigenvalue weighted by Gasteiger charge is 2.20. The highest BCUT2D eigenvalue weighted by atomic mass is 16.2. The number of imide groups is 1. The smallest absolute Gasteiger partial charge is 0.321 e. The molecule has 0 heterocycles. The normalized spacial score (nSPS) is 13.5. The van der Waals surface area contributed by atoms with Crippen molar-refractivity contribution in [2.75, 3.05) is 6.54 Å². The predicted molar refractivity (Wildman–Crippen MR) is 87.2 cm³/mol. The molecule has 0 fully saturated rings. The van der Waals surface area contributed by atoms with E-state index in [4.69, 9.17) is 0 Å². The fraction of sp³-hybridized carbons (Fsp3) is 0.529. The molecule has 0 aliphatic heterocycles. The van der Waals surface area contributed by atoms with E-state index in [-0.39, 0.29) is 24.5 Å². The Morgan fingerprint density at radius 1 is 1.14 bits per heavy atom. The summed E-state index contributed by atoms with van der Waals surface area (Å²) in [5.41, 5.74) is 1.19. The topological polar surface area (TPSA) is 74.8 Å². The van der Waals surface area contributed by atoms with Crippen molar-refractivity contribution in [1.29, 1.82) is 0 Å². The number of rotatable bonds is 7. The first kappa shape index (κ1) is 18.2. The molecule has 0 saturated heterocycles. The highest BCUT2D eigenvalue weighted by Crippen LogP contribution is 2.16. The molecule has 1 rings (SSSR count). The number of amides is 3. The van der Waals surface area contributed by atoms with Gasteiger partial charge in [-0.05, 0) is 13.3 Å². The molecule has 122 valence electrons. The maximum Gasteiger partial charge on any atom is 0.321 e. The van der Waals surface area contributed by atoms with Gasteiger partial charge in [0.2, 0.25) is 0 Å². The zero-order chi connectivity index (χ0) is 16.5. The molecule has 1 aromatic rings. The lowest BCUT2D eigenvalue weighted by atomic mass is 9.96. The fourth-order valence-electron chi connectivity index (χ4n) is 2.24. The number of carbonyl (C=O) groups excluding carboxylic acids is 2. The van der Waals surface area contributed by atoms with Crippen molar-refractivity contribution in [3.8, 4) is 0 Å². The third kappa shape index (κ3) is 6.26. The first-order valence-corrected chi connectivity index (χ1v) is 7.92. The summed E-state index contributed by atoms with van der Waals surface area (Å²) < 4.78 is 0. The number of benzene rings is 1. The molecular formula is C17H28N3O2+. The van der Waals surface area contributed by atoms with E-state index in [1.54, 1.807) is 0 Å². The Bertz CT molecular complexity index is 474. The molecule has 5 nitrogen and oxygen atoms in total. The van der Waals surface area contributed by atoms with E-state index < -0.39 is 6.03 Å². The first-order chi connectivity index (χ1) is 10.4. The maximum absolute atomic E-state index is 11.9. The average molecular weight is 306 g/mol. The van der Waals surface area contributed by atoms with Crippen LogP contribution in [-0.4, -0.2) is 24.5 Å². The molecule has 0 unspecified atom stereocenters. The van der Waals surface area contributed by atoms with Crippen LogP contribution in [0.2, 0.25) is 0 Å². The molecule has 0 bridgehead atoms. The van der Waals surface area contributed by atoms with Gasteiger partial charge in [-0.3, -0.25) is 10.1 Å². The number of urea groups is 1. The van der Waals surface area contributed by atoms with E-state index in [1.807, 2.05) is 37.4 Å². The van der Waals surface area contributed by atoms with Crippen molar-refractivity contribution in [2.24, 2.45) is 5.92 Å². The largest absolute Gasteiger partial charge is 0.335 e. The Balaban J connectivity index is 2.49. The summed E-state index contributed by atoms with van der Waals surface area (Å²) in [4.78, 5) is 23.5. The Labute approximate surface area is 132 Å². The molecule has 0 radical (unpaired) electrons. The van der Waals surface area contributed by atoms with Gasteiger partial charge in [-0.15, -0.1) is 0 Å². The fourth-order valence-corrected chi connectivity index (χ4v) is 2.24. The molecule has 2 atom stereocenters. The second kappa shape index (κ2) is 9.20. The third-order valence-electron chi connectivity index (χ3n) is 3.70. The number of nitrogens with two attached hydrogens (primary N) is 1. The molecule has 1 aromatic carbocycles. The van der Waals surface area contributed by atoms with Crippen LogP contribution in [0.25, 0.3) is 0 Å². The second-order valence-corrected chi connectivity index (χ2v) is 5.95. The monoisotopic (exact) mass is 306 g/mol. The molecule has 0 aliphatic carbocycles. The lowest BCUT2D eigenvalue weighted by Gasteiger charge is -2.19. The van der Waals surface area contributed by atoms with Crippen molar-refractivity contribution in [3.05, 3.63) is 35.9 Å². The van der Waals surface area contributed by atoms with Crippen LogP contribution in [0.1, 0.15) is 45.7 Å². The number of nitrogens with one attached hydrogen (secondary N) is 2. The van der Waals surface area contributed by atoms with Crippen LogP contribution >= 0.6 is 0 Å². The van der Waals surface area contributed by atoms with Crippen molar-refractivity contribution >= 4 is 11.9 Å². The Morgan fingerprint density at radius 3 is 2.32 bits per heavy atom. The number of hydrogen-bond acceptors (Lipinski definition) is 2. The molecule has 0 saturated carbocycles. The van der Waals surface area contributed by atoms with E-state index in [2.05, 4.69) is 36.6 Å². The second-order valence-electron chi connectivity index (χ2n) is 5.95. The number of hydrogen-bond donors (Lipinski definition) is 3. The van der Waals surface area contributed by atoms with Gasteiger partial charge >= 0.3 is 6.03 Å². The average Bonchev–Trinajstić information content (AvgIpc) is 2.47. The van der Waals surface area contributed by atoms with Gasteiger partial charge in [0.25, 0.3) is 5.91 Å². The zero-order valence-corrected chi connectivity index (χ0v) is 13.9. The Hall–Kier alpha value is -1.88. The van der Waals surface area contributed by atoms with Crippen molar-refractivity contribution in [3.63, 3.8) is 0 Å². The quantitative estimate of drug-likeness (QED) is 0.715. The van der Waals surface area contributed by atoms with Gasteiger partial charge in [-0.2, -0.15) is 0 Å². The SMILES string of the molecule is CC[C@H](C)NC(=O)NC(=O)C[NH2+][C@H](c1ccccc1)C(C)C. The zero-order valence-electron chi connectivity index (χ0n) is 13.9. The van der Waals surface area contributed by atoms with Crippen LogP contribution in [0.15, 0.2) is 30.3 Å². The van der Waals surface area contributed by atoms with Gasteiger partial charge in [0.1, 0.15) is 6.04 Å². The van der Waals surface area contributed by atoms with E-state index in [9.17, 15) is 9.59 Å². The molecule has 4 N–H and O–H groups in total. The summed E-state index contributed by atoms with van der Waals surface area (Å²) in [5, 5.41) is 7.07. The van der Waals surface area contributed by atoms with Gasteiger partial charge in [0, 0.05) is 17.5 Å².